The Balaban J connectivity index is 2.48. The summed E-state index contributed by atoms with van der Waals surface area (Å²) in [6.07, 6.45) is 7.85. The molecule has 0 spiro atoms. The molecule has 0 aromatic heterocycles. The summed E-state index contributed by atoms with van der Waals surface area (Å²) in [5, 5.41) is 2.97. The van der Waals surface area contributed by atoms with Crippen LogP contribution in [0.5, 0.6) is 0 Å². The summed E-state index contributed by atoms with van der Waals surface area (Å²) < 4.78 is 0. The molecule has 1 rings (SSSR count). The first kappa shape index (κ1) is 14.3. The molecule has 0 aliphatic heterocycles. The highest BCUT2D eigenvalue weighted by Gasteiger charge is 2.28. The molecule has 1 N–H and O–H groups in total. The third-order valence-corrected chi connectivity index (χ3v) is 3.10. The van der Waals surface area contributed by atoms with E-state index in [9.17, 15) is 4.79 Å². The first-order chi connectivity index (χ1) is 8.59. The largest absolute Gasteiger partial charge is 0.355 e. The topological polar surface area (TPSA) is 29.1 Å². The fourth-order valence-corrected chi connectivity index (χ4v) is 1.76. The van der Waals surface area contributed by atoms with Crippen molar-refractivity contribution in [3.63, 3.8) is 0 Å². The van der Waals surface area contributed by atoms with Crippen LogP contribution < -0.4 is 5.32 Å². The minimum Gasteiger partial charge on any atom is -0.355 e. The lowest BCUT2D eigenvalue weighted by molar-refractivity contribution is -0.125. The Morgan fingerprint density at radius 1 is 1.28 bits per heavy atom. The molecular formula is C16H21NO. The number of nitrogens with one attached hydrogen (secondary N) is 1. The van der Waals surface area contributed by atoms with Gasteiger partial charge in [-0.3, -0.25) is 4.79 Å². The van der Waals surface area contributed by atoms with Crippen molar-refractivity contribution in [1.82, 2.24) is 5.32 Å². The number of unbranched alkanes of at least 4 members (excludes halogenated alkanes) is 2. The maximum absolute atomic E-state index is 12.1. The molecule has 0 fully saturated rings. The number of hydrogen-bond donors (Lipinski definition) is 1. The van der Waals surface area contributed by atoms with Gasteiger partial charge in [-0.2, -0.15) is 0 Å². The zero-order chi connectivity index (χ0) is 13.4. The molecule has 0 saturated heterocycles. The van der Waals surface area contributed by atoms with Gasteiger partial charge in [0.1, 0.15) is 0 Å². The quantitative estimate of drug-likeness (QED) is 0.604. The summed E-state index contributed by atoms with van der Waals surface area (Å²) in [4.78, 5) is 12.1. The van der Waals surface area contributed by atoms with Crippen LogP contribution in [0.1, 0.15) is 38.7 Å². The molecule has 0 heterocycles. The summed E-state index contributed by atoms with van der Waals surface area (Å²) in [5.41, 5.74) is 0.541. The summed E-state index contributed by atoms with van der Waals surface area (Å²) in [7, 11) is 0. The van der Waals surface area contributed by atoms with E-state index in [1.54, 1.807) is 0 Å². The van der Waals surface area contributed by atoms with Crippen molar-refractivity contribution in [1.29, 1.82) is 0 Å². The highest BCUT2D eigenvalue weighted by molar-refractivity contribution is 5.87. The average Bonchev–Trinajstić information content (AvgIpc) is 2.39. The molecule has 1 aromatic carbocycles. The average molecular weight is 243 g/mol. The molecule has 1 aromatic rings. The number of carbonyl (C=O) groups is 1. The Kier molecular flexibility index (Phi) is 5.45. The second-order valence-corrected chi connectivity index (χ2v) is 4.91. The maximum atomic E-state index is 12.1. The Hall–Kier alpha value is -1.75. The van der Waals surface area contributed by atoms with E-state index >= 15 is 0 Å². The van der Waals surface area contributed by atoms with Crippen LogP contribution in [-0.4, -0.2) is 12.5 Å². The number of hydrogen-bond acceptors (Lipinski definition) is 1. The number of amides is 1. The van der Waals surface area contributed by atoms with Gasteiger partial charge in [-0.1, -0.05) is 30.3 Å². The molecule has 96 valence electrons. The Bertz CT molecular complexity index is 414. The lowest BCUT2D eigenvalue weighted by Gasteiger charge is -2.24. The lowest BCUT2D eigenvalue weighted by Crippen LogP contribution is -2.40. The molecule has 2 heteroatoms. The highest BCUT2D eigenvalue weighted by Crippen LogP contribution is 2.22. The van der Waals surface area contributed by atoms with E-state index in [1.807, 2.05) is 44.2 Å². The summed E-state index contributed by atoms with van der Waals surface area (Å²) in [6.45, 7) is 4.58. The molecule has 0 saturated carbocycles. The fourth-order valence-electron chi connectivity index (χ4n) is 1.76. The molecule has 0 bridgehead atoms. The van der Waals surface area contributed by atoms with Crippen molar-refractivity contribution in [3.05, 3.63) is 35.9 Å². The lowest BCUT2D eigenvalue weighted by atomic mass is 9.84. The van der Waals surface area contributed by atoms with Crippen molar-refractivity contribution in [2.45, 2.75) is 38.5 Å². The monoisotopic (exact) mass is 243 g/mol. The highest BCUT2D eigenvalue weighted by atomic mass is 16.2. The number of benzene rings is 1. The summed E-state index contributed by atoms with van der Waals surface area (Å²) in [6, 6.07) is 9.84. The first-order valence-corrected chi connectivity index (χ1v) is 6.36. The molecule has 18 heavy (non-hydrogen) atoms. The molecule has 1 amide bonds. The number of terminal acetylenes is 1. The van der Waals surface area contributed by atoms with E-state index in [4.69, 9.17) is 6.42 Å². The first-order valence-electron chi connectivity index (χ1n) is 6.36. The van der Waals surface area contributed by atoms with E-state index in [2.05, 4.69) is 11.2 Å². The molecule has 0 radical (unpaired) electrons. The van der Waals surface area contributed by atoms with Crippen LogP contribution >= 0.6 is 0 Å². The Morgan fingerprint density at radius 3 is 2.56 bits per heavy atom. The van der Waals surface area contributed by atoms with Gasteiger partial charge in [0.05, 0.1) is 5.41 Å². The van der Waals surface area contributed by atoms with Crippen molar-refractivity contribution < 1.29 is 4.79 Å². The minimum absolute atomic E-state index is 0.0643. The number of carbonyl (C=O) groups excluding carboxylic acids is 1. The predicted molar refractivity (Wildman–Crippen MR) is 75.2 cm³/mol. The molecular weight excluding hydrogens is 222 g/mol. The second-order valence-electron chi connectivity index (χ2n) is 4.91. The van der Waals surface area contributed by atoms with Crippen molar-refractivity contribution in [3.8, 4) is 12.3 Å². The van der Waals surface area contributed by atoms with Crippen molar-refractivity contribution in [2.24, 2.45) is 0 Å². The summed E-state index contributed by atoms with van der Waals surface area (Å²) >= 11 is 0. The third-order valence-electron chi connectivity index (χ3n) is 3.10. The van der Waals surface area contributed by atoms with E-state index in [-0.39, 0.29) is 5.91 Å². The van der Waals surface area contributed by atoms with Gasteiger partial charge in [0.2, 0.25) is 5.91 Å². The standard InChI is InChI=1S/C16H21NO/c1-4-5-6-10-13-17-15(18)16(2,3)14-11-8-7-9-12-14/h1,7-9,11-12H,5-6,10,13H2,2-3H3,(H,17,18). The predicted octanol–water partition coefficient (Wildman–Crippen LogP) is 2.88. The van der Waals surface area contributed by atoms with Gasteiger partial charge >= 0.3 is 0 Å². The van der Waals surface area contributed by atoms with Crippen LogP contribution in [0.2, 0.25) is 0 Å². The smallest absolute Gasteiger partial charge is 0.230 e. The Labute approximate surface area is 110 Å². The SMILES string of the molecule is C#CCCCCNC(=O)C(C)(C)c1ccccc1. The van der Waals surface area contributed by atoms with Gasteiger partial charge in [-0.25, -0.2) is 0 Å². The van der Waals surface area contributed by atoms with Gasteiger partial charge in [0, 0.05) is 13.0 Å². The van der Waals surface area contributed by atoms with Crippen LogP contribution in [0.4, 0.5) is 0 Å². The van der Waals surface area contributed by atoms with Gasteiger partial charge < -0.3 is 5.32 Å². The normalized spacial score (nSPS) is 10.7. The zero-order valence-corrected chi connectivity index (χ0v) is 11.2. The number of rotatable bonds is 6. The van der Waals surface area contributed by atoms with E-state index in [1.165, 1.54) is 0 Å². The maximum Gasteiger partial charge on any atom is 0.230 e. The fraction of sp³-hybridized carbons (Fsp3) is 0.438. The van der Waals surface area contributed by atoms with Crippen molar-refractivity contribution in [2.75, 3.05) is 6.54 Å². The molecule has 0 unspecified atom stereocenters. The van der Waals surface area contributed by atoms with Crippen LogP contribution in [0.25, 0.3) is 0 Å². The summed E-state index contributed by atoms with van der Waals surface area (Å²) in [5.74, 6) is 2.66. The van der Waals surface area contributed by atoms with E-state index in [0.717, 1.165) is 24.8 Å². The van der Waals surface area contributed by atoms with Crippen molar-refractivity contribution >= 4 is 5.91 Å². The third kappa shape index (κ3) is 3.92. The van der Waals surface area contributed by atoms with Crippen LogP contribution in [-0.2, 0) is 10.2 Å². The van der Waals surface area contributed by atoms with E-state index < -0.39 is 5.41 Å². The van der Waals surface area contributed by atoms with Crippen LogP contribution in [0.15, 0.2) is 30.3 Å². The van der Waals surface area contributed by atoms with Crippen LogP contribution in [0, 0.1) is 12.3 Å². The zero-order valence-electron chi connectivity index (χ0n) is 11.2. The van der Waals surface area contributed by atoms with Gasteiger partial charge in [-0.05, 0) is 32.3 Å². The van der Waals surface area contributed by atoms with Gasteiger partial charge in [0.15, 0.2) is 0 Å². The molecule has 2 nitrogen and oxygen atoms in total. The van der Waals surface area contributed by atoms with Crippen LogP contribution in [0.3, 0.4) is 0 Å². The van der Waals surface area contributed by atoms with Gasteiger partial charge in [0.25, 0.3) is 0 Å². The molecule has 0 aliphatic carbocycles. The Morgan fingerprint density at radius 2 is 1.94 bits per heavy atom. The van der Waals surface area contributed by atoms with E-state index in [0.29, 0.717) is 6.54 Å². The van der Waals surface area contributed by atoms with Gasteiger partial charge in [-0.15, -0.1) is 12.3 Å². The molecule has 0 aliphatic rings. The molecule has 0 atom stereocenters. The second kappa shape index (κ2) is 6.86. The minimum atomic E-state index is -0.493.